The molecule has 3 nitrogen and oxygen atoms in total. The van der Waals surface area contributed by atoms with Gasteiger partial charge in [0.15, 0.2) is 0 Å². The van der Waals surface area contributed by atoms with Gasteiger partial charge in [0.2, 0.25) is 0 Å². The predicted octanol–water partition coefficient (Wildman–Crippen LogP) is 5.10. The molecule has 1 aromatic carbocycles. The van der Waals surface area contributed by atoms with Crippen molar-refractivity contribution in [2.45, 2.75) is 0 Å². The fourth-order valence-corrected chi connectivity index (χ4v) is 3.80. The molecule has 1 amide bonds. The molecule has 0 saturated carbocycles. The monoisotopic (exact) mass is 405 g/mol. The molecule has 0 bridgehead atoms. The Balaban J connectivity index is 1.85. The van der Waals surface area contributed by atoms with Crippen molar-refractivity contribution < 1.29 is 9.21 Å². The number of rotatable bonds is 4. The molecule has 2 heterocycles. The molecule has 1 aliphatic heterocycles. The Labute approximate surface area is 152 Å². The van der Waals surface area contributed by atoms with Crippen LogP contribution in [-0.2, 0) is 4.79 Å². The van der Waals surface area contributed by atoms with Gasteiger partial charge in [-0.1, -0.05) is 58.1 Å². The van der Waals surface area contributed by atoms with Gasteiger partial charge < -0.3 is 4.42 Å². The van der Waals surface area contributed by atoms with E-state index < -0.39 is 0 Å². The lowest BCUT2D eigenvalue weighted by Crippen LogP contribution is -2.27. The van der Waals surface area contributed by atoms with E-state index in [2.05, 4.69) is 22.5 Å². The Morgan fingerprint density at radius 2 is 2.17 bits per heavy atom. The van der Waals surface area contributed by atoms with Crippen LogP contribution in [0, 0.1) is 0 Å². The van der Waals surface area contributed by atoms with Crippen molar-refractivity contribution in [3.63, 3.8) is 0 Å². The maximum absolute atomic E-state index is 12.3. The van der Waals surface area contributed by atoms with Crippen molar-refractivity contribution in [2.24, 2.45) is 0 Å². The van der Waals surface area contributed by atoms with Gasteiger partial charge in [0.1, 0.15) is 15.8 Å². The molecule has 6 heteroatoms. The van der Waals surface area contributed by atoms with Crippen LogP contribution in [0.15, 0.2) is 62.8 Å². The third-order valence-electron chi connectivity index (χ3n) is 3.19. The van der Waals surface area contributed by atoms with Gasteiger partial charge in [-0.2, -0.15) is 0 Å². The Bertz CT molecular complexity index is 826. The molecule has 0 aliphatic carbocycles. The average Bonchev–Trinajstić information content (AvgIpc) is 3.09. The summed E-state index contributed by atoms with van der Waals surface area (Å²) in [5.41, 5.74) is 0.971. The number of thiocarbonyl (C=S) groups is 1. The first-order chi connectivity index (χ1) is 11.1. The largest absolute Gasteiger partial charge is 0.457 e. The number of halogens is 1. The van der Waals surface area contributed by atoms with Crippen molar-refractivity contribution in [3.8, 4) is 11.3 Å². The molecule has 23 heavy (non-hydrogen) atoms. The average molecular weight is 406 g/mol. The normalized spacial score (nSPS) is 16.4. The summed E-state index contributed by atoms with van der Waals surface area (Å²) in [6, 6.07) is 11.6. The predicted molar refractivity (Wildman–Crippen MR) is 102 cm³/mol. The lowest BCUT2D eigenvalue weighted by Gasteiger charge is -2.10. The van der Waals surface area contributed by atoms with Crippen molar-refractivity contribution >= 4 is 56.2 Å². The smallest absolute Gasteiger partial charge is 0.266 e. The molecular formula is C17H12BrNO2S2. The van der Waals surface area contributed by atoms with Crippen LogP contribution in [0.3, 0.4) is 0 Å². The van der Waals surface area contributed by atoms with Crippen LogP contribution in [0.4, 0.5) is 0 Å². The van der Waals surface area contributed by atoms with E-state index in [1.807, 2.05) is 36.4 Å². The highest BCUT2D eigenvalue weighted by Crippen LogP contribution is 2.33. The molecule has 3 rings (SSSR count). The molecular weight excluding hydrogens is 394 g/mol. The van der Waals surface area contributed by atoms with Crippen LogP contribution >= 0.6 is 39.9 Å². The lowest BCUT2D eigenvalue weighted by molar-refractivity contribution is -0.121. The summed E-state index contributed by atoms with van der Waals surface area (Å²) in [4.78, 5) is 14.4. The van der Waals surface area contributed by atoms with Crippen LogP contribution in [0.2, 0.25) is 0 Å². The summed E-state index contributed by atoms with van der Waals surface area (Å²) in [6.45, 7) is 4.06. The number of amides is 1. The fourth-order valence-electron chi connectivity index (χ4n) is 2.14. The van der Waals surface area contributed by atoms with Gasteiger partial charge in [-0.05, 0) is 24.3 Å². The van der Waals surface area contributed by atoms with Crippen molar-refractivity contribution in [1.29, 1.82) is 0 Å². The number of hydrogen-bond donors (Lipinski definition) is 0. The molecule has 1 aliphatic rings. The Morgan fingerprint density at radius 1 is 1.35 bits per heavy atom. The summed E-state index contributed by atoms with van der Waals surface area (Å²) in [5.74, 6) is 1.26. The maximum atomic E-state index is 12.3. The standard InChI is InChI=1S/C17H12BrNO2S2/c1-2-8-19-16(20)15(23-17(19)22)10-13-6-7-14(21-13)11-4-3-5-12(18)9-11/h2-7,9-10H,1,8H2. The SMILES string of the molecule is C=CCN1C(=O)C(=Cc2ccc(-c3cccc(Br)c3)o2)SC1=S. The number of hydrogen-bond acceptors (Lipinski definition) is 4. The minimum atomic E-state index is -0.111. The van der Waals surface area contributed by atoms with E-state index in [1.165, 1.54) is 16.7 Å². The van der Waals surface area contributed by atoms with Crippen molar-refractivity contribution in [3.05, 3.63) is 64.2 Å². The summed E-state index contributed by atoms with van der Waals surface area (Å²) in [7, 11) is 0. The van der Waals surface area contributed by atoms with Gasteiger partial charge in [0.25, 0.3) is 5.91 Å². The van der Waals surface area contributed by atoms with Gasteiger partial charge in [-0.3, -0.25) is 9.69 Å². The maximum Gasteiger partial charge on any atom is 0.266 e. The van der Waals surface area contributed by atoms with Gasteiger partial charge in [0.05, 0.1) is 4.91 Å². The second kappa shape index (κ2) is 6.86. The van der Waals surface area contributed by atoms with Crippen molar-refractivity contribution in [1.82, 2.24) is 4.90 Å². The minimum Gasteiger partial charge on any atom is -0.457 e. The third kappa shape index (κ3) is 3.49. The van der Waals surface area contributed by atoms with Crippen molar-refractivity contribution in [2.75, 3.05) is 6.54 Å². The quantitative estimate of drug-likeness (QED) is 0.402. The van der Waals surface area contributed by atoms with E-state index in [-0.39, 0.29) is 5.91 Å². The van der Waals surface area contributed by atoms with E-state index in [1.54, 1.807) is 12.2 Å². The van der Waals surface area contributed by atoms with Gasteiger partial charge in [-0.25, -0.2) is 0 Å². The Morgan fingerprint density at radius 3 is 2.91 bits per heavy atom. The molecule has 1 saturated heterocycles. The second-order valence-electron chi connectivity index (χ2n) is 4.79. The number of thioether (sulfide) groups is 1. The summed E-state index contributed by atoms with van der Waals surface area (Å²) in [5, 5.41) is 0. The highest BCUT2D eigenvalue weighted by Gasteiger charge is 2.31. The van der Waals surface area contributed by atoms with Crippen LogP contribution in [0.25, 0.3) is 17.4 Å². The zero-order valence-corrected chi connectivity index (χ0v) is 15.2. The molecule has 0 unspecified atom stereocenters. The molecule has 0 radical (unpaired) electrons. The van der Waals surface area contributed by atoms with Crippen LogP contribution in [-0.4, -0.2) is 21.7 Å². The molecule has 0 N–H and O–H groups in total. The van der Waals surface area contributed by atoms with Crippen LogP contribution in [0.5, 0.6) is 0 Å². The number of carbonyl (C=O) groups is 1. The van der Waals surface area contributed by atoms with Crippen LogP contribution in [0.1, 0.15) is 5.76 Å². The summed E-state index contributed by atoms with van der Waals surface area (Å²) < 4.78 is 7.35. The molecule has 116 valence electrons. The molecule has 1 fully saturated rings. The zero-order valence-electron chi connectivity index (χ0n) is 12.0. The van der Waals surface area contributed by atoms with Gasteiger partial charge in [0, 0.05) is 22.7 Å². The van der Waals surface area contributed by atoms with E-state index in [0.29, 0.717) is 21.5 Å². The molecule has 1 aromatic heterocycles. The number of carbonyl (C=O) groups excluding carboxylic acids is 1. The number of nitrogens with zero attached hydrogens (tertiary/aromatic N) is 1. The molecule has 0 atom stereocenters. The molecule has 2 aromatic rings. The highest BCUT2D eigenvalue weighted by atomic mass is 79.9. The van der Waals surface area contributed by atoms with Gasteiger partial charge in [-0.15, -0.1) is 6.58 Å². The number of benzene rings is 1. The summed E-state index contributed by atoms with van der Waals surface area (Å²) >= 11 is 9.94. The van der Waals surface area contributed by atoms with Gasteiger partial charge >= 0.3 is 0 Å². The van der Waals surface area contributed by atoms with E-state index in [9.17, 15) is 4.79 Å². The third-order valence-corrected chi connectivity index (χ3v) is 5.07. The first-order valence-electron chi connectivity index (χ1n) is 6.80. The fraction of sp³-hybridized carbons (Fsp3) is 0.0588. The lowest BCUT2D eigenvalue weighted by atomic mass is 10.2. The van der Waals surface area contributed by atoms with E-state index in [0.717, 1.165) is 15.8 Å². The summed E-state index contributed by atoms with van der Waals surface area (Å²) in [6.07, 6.45) is 3.38. The topological polar surface area (TPSA) is 33.5 Å². The molecule has 0 spiro atoms. The van der Waals surface area contributed by atoms with Crippen LogP contribution < -0.4 is 0 Å². The van der Waals surface area contributed by atoms with E-state index in [4.69, 9.17) is 16.6 Å². The highest BCUT2D eigenvalue weighted by molar-refractivity contribution is 9.10. The second-order valence-corrected chi connectivity index (χ2v) is 7.38. The Kier molecular flexibility index (Phi) is 4.84. The Hall–Kier alpha value is -1.63. The first-order valence-corrected chi connectivity index (χ1v) is 8.82. The number of furan rings is 1. The first kappa shape index (κ1) is 16.2. The minimum absolute atomic E-state index is 0.111. The zero-order chi connectivity index (χ0) is 16.4. The van der Waals surface area contributed by atoms with E-state index >= 15 is 0 Å².